The maximum absolute atomic E-state index is 13.6. The van der Waals surface area contributed by atoms with Crippen LogP contribution in [0.4, 0.5) is 28.0 Å². The summed E-state index contributed by atoms with van der Waals surface area (Å²) in [7, 11) is 0. The van der Waals surface area contributed by atoms with Gasteiger partial charge in [0, 0.05) is 12.1 Å². The van der Waals surface area contributed by atoms with Crippen LogP contribution >= 0.6 is 0 Å². The lowest BCUT2D eigenvalue weighted by molar-refractivity contribution is -0.141. The van der Waals surface area contributed by atoms with Crippen LogP contribution in [-0.2, 0) is 19.3 Å². The van der Waals surface area contributed by atoms with Gasteiger partial charge in [0.1, 0.15) is 11.5 Å². The third kappa shape index (κ3) is 5.29. The van der Waals surface area contributed by atoms with Gasteiger partial charge in [0.15, 0.2) is 0 Å². The van der Waals surface area contributed by atoms with E-state index in [1.807, 2.05) is 0 Å². The molecule has 0 atom stereocenters. The summed E-state index contributed by atoms with van der Waals surface area (Å²) in [5.41, 5.74) is 0.0142. The van der Waals surface area contributed by atoms with E-state index in [1.165, 1.54) is 42.6 Å². The number of amides is 2. The second-order valence-electron chi connectivity index (χ2n) is 6.22. The number of nitrogens with zero attached hydrogens (tertiary/aromatic N) is 2. The van der Waals surface area contributed by atoms with Crippen LogP contribution in [0.5, 0.6) is 0 Å². The van der Waals surface area contributed by atoms with Crippen LogP contribution in [-0.4, -0.2) is 21.1 Å². The molecule has 0 saturated heterocycles. The Morgan fingerprint density at radius 1 is 1.10 bits per heavy atom. The van der Waals surface area contributed by atoms with E-state index in [0.717, 1.165) is 12.1 Å². The topological polar surface area (TPSA) is 87.1 Å². The van der Waals surface area contributed by atoms with E-state index in [-0.39, 0.29) is 30.0 Å². The van der Waals surface area contributed by atoms with E-state index in [0.29, 0.717) is 11.4 Å². The fourth-order valence-corrected chi connectivity index (χ4v) is 2.62. The highest BCUT2D eigenvalue weighted by molar-refractivity contribution is 5.89. The molecule has 2 heterocycles. The zero-order valence-corrected chi connectivity index (χ0v) is 15.4. The number of anilines is 1. The third-order valence-corrected chi connectivity index (χ3v) is 4.05. The van der Waals surface area contributed by atoms with Gasteiger partial charge >= 0.3 is 12.2 Å². The average Bonchev–Trinajstić information content (AvgIpc) is 2.72. The highest BCUT2D eigenvalue weighted by Crippen LogP contribution is 2.31. The molecule has 0 aliphatic carbocycles. The van der Waals surface area contributed by atoms with Gasteiger partial charge in [-0.3, -0.25) is 4.98 Å². The highest BCUT2D eigenvalue weighted by Gasteiger charge is 2.33. The van der Waals surface area contributed by atoms with Crippen molar-refractivity contribution in [1.29, 1.82) is 0 Å². The summed E-state index contributed by atoms with van der Waals surface area (Å²) in [6, 6.07) is 9.46. The maximum Gasteiger partial charge on any atom is 0.433 e. The van der Waals surface area contributed by atoms with Gasteiger partial charge < -0.3 is 15.7 Å². The molecule has 0 radical (unpaired) electrons. The van der Waals surface area contributed by atoms with Crippen molar-refractivity contribution in [2.75, 3.05) is 5.32 Å². The number of hydrogen-bond donors (Lipinski definition) is 3. The molecule has 1 aromatic carbocycles. The first-order chi connectivity index (χ1) is 14.3. The van der Waals surface area contributed by atoms with Crippen molar-refractivity contribution < 1.29 is 27.5 Å². The Balaban J connectivity index is 1.79. The van der Waals surface area contributed by atoms with Gasteiger partial charge in [-0.1, -0.05) is 18.2 Å². The van der Waals surface area contributed by atoms with Crippen LogP contribution in [0.2, 0.25) is 0 Å². The van der Waals surface area contributed by atoms with Gasteiger partial charge in [0.2, 0.25) is 0 Å². The summed E-state index contributed by atoms with van der Waals surface area (Å²) in [6.07, 6.45) is -3.32. The summed E-state index contributed by atoms with van der Waals surface area (Å²) in [5, 5.41) is 14.0. The van der Waals surface area contributed by atoms with Crippen molar-refractivity contribution in [2.45, 2.75) is 19.3 Å². The Bertz CT molecular complexity index is 1040. The van der Waals surface area contributed by atoms with Gasteiger partial charge in [-0.25, -0.2) is 14.2 Å². The minimum atomic E-state index is -4.67. The van der Waals surface area contributed by atoms with E-state index in [4.69, 9.17) is 5.11 Å². The van der Waals surface area contributed by atoms with Gasteiger partial charge in [-0.15, -0.1) is 0 Å². The fourth-order valence-electron chi connectivity index (χ4n) is 2.62. The van der Waals surface area contributed by atoms with Crippen LogP contribution in [0.25, 0.3) is 11.3 Å². The Labute approximate surface area is 168 Å². The van der Waals surface area contributed by atoms with E-state index in [2.05, 4.69) is 20.6 Å². The number of carbonyl (C=O) groups excluding carboxylic acids is 1. The van der Waals surface area contributed by atoms with Gasteiger partial charge in [-0.05, 0) is 35.9 Å². The molecule has 0 spiro atoms. The number of nitrogens with one attached hydrogen (secondary N) is 2. The zero-order chi connectivity index (χ0) is 21.7. The molecule has 0 aliphatic rings. The first-order valence-corrected chi connectivity index (χ1v) is 8.70. The number of aromatic nitrogens is 2. The van der Waals surface area contributed by atoms with E-state index in [9.17, 15) is 22.4 Å². The van der Waals surface area contributed by atoms with Gasteiger partial charge in [0.05, 0.1) is 29.9 Å². The van der Waals surface area contributed by atoms with Crippen molar-refractivity contribution in [3.05, 3.63) is 77.5 Å². The van der Waals surface area contributed by atoms with E-state index >= 15 is 0 Å². The number of rotatable bonds is 5. The predicted molar refractivity (Wildman–Crippen MR) is 101 cm³/mol. The number of urea groups is 1. The third-order valence-electron chi connectivity index (χ3n) is 4.05. The molecule has 3 rings (SSSR count). The monoisotopic (exact) mass is 420 g/mol. The fraction of sp³-hybridized carbons (Fsp3) is 0.150. The quantitative estimate of drug-likeness (QED) is 0.542. The Hall–Kier alpha value is -3.53. The number of hydrogen-bond acceptors (Lipinski definition) is 4. The zero-order valence-electron chi connectivity index (χ0n) is 15.4. The molecule has 0 bridgehead atoms. The molecule has 0 fully saturated rings. The lowest BCUT2D eigenvalue weighted by atomic mass is 10.0. The van der Waals surface area contributed by atoms with Crippen molar-refractivity contribution in [3.63, 3.8) is 0 Å². The number of aliphatic hydroxyl groups is 1. The van der Waals surface area contributed by atoms with Crippen LogP contribution < -0.4 is 10.6 Å². The largest absolute Gasteiger partial charge is 0.433 e. The molecule has 156 valence electrons. The highest BCUT2D eigenvalue weighted by atomic mass is 19.4. The standard InChI is InChI=1S/C20H16F4N4O2/c21-14-3-1-2-12(8-14)18-13(4-7-17(28-18)20(22,23)24)9-26-19(30)27-15-5-6-16(11-29)25-10-15/h1-8,10,29H,9,11H2,(H2,26,27,30). The second kappa shape index (κ2) is 8.87. The molecule has 2 amide bonds. The number of aliphatic hydroxyl groups excluding tert-OH is 1. The summed E-state index contributed by atoms with van der Waals surface area (Å²) in [5.74, 6) is -0.623. The van der Waals surface area contributed by atoms with E-state index < -0.39 is 23.7 Å². The Kier molecular flexibility index (Phi) is 6.26. The molecular formula is C20H16F4N4O2. The molecule has 3 N–H and O–H groups in total. The molecular weight excluding hydrogens is 404 g/mol. The average molecular weight is 420 g/mol. The summed E-state index contributed by atoms with van der Waals surface area (Å²) in [4.78, 5) is 19.7. The molecule has 2 aromatic heterocycles. The van der Waals surface area contributed by atoms with Crippen LogP contribution in [0, 0.1) is 5.82 Å². The SMILES string of the molecule is O=C(NCc1ccc(C(F)(F)F)nc1-c1cccc(F)c1)Nc1ccc(CO)nc1. The minimum absolute atomic E-state index is 0.0846. The molecule has 0 unspecified atom stereocenters. The molecule has 6 nitrogen and oxygen atoms in total. The predicted octanol–water partition coefficient (Wildman–Crippen LogP) is 4.12. The molecule has 10 heteroatoms. The Morgan fingerprint density at radius 3 is 2.53 bits per heavy atom. The second-order valence-corrected chi connectivity index (χ2v) is 6.22. The normalized spacial score (nSPS) is 11.2. The first kappa shape index (κ1) is 21.2. The number of halogens is 4. The smallest absolute Gasteiger partial charge is 0.390 e. The maximum atomic E-state index is 13.6. The molecule has 30 heavy (non-hydrogen) atoms. The van der Waals surface area contributed by atoms with Crippen LogP contribution in [0.3, 0.4) is 0 Å². The minimum Gasteiger partial charge on any atom is -0.390 e. The lowest BCUT2D eigenvalue weighted by Crippen LogP contribution is -2.28. The number of pyridine rings is 2. The van der Waals surface area contributed by atoms with Crippen molar-refractivity contribution in [1.82, 2.24) is 15.3 Å². The summed E-state index contributed by atoms with van der Waals surface area (Å²) < 4.78 is 52.8. The molecule has 0 aliphatic heterocycles. The van der Waals surface area contributed by atoms with Crippen LogP contribution in [0.15, 0.2) is 54.7 Å². The Morgan fingerprint density at radius 2 is 1.90 bits per heavy atom. The van der Waals surface area contributed by atoms with E-state index in [1.54, 1.807) is 0 Å². The summed E-state index contributed by atoms with van der Waals surface area (Å²) >= 11 is 0. The molecule has 3 aromatic rings. The van der Waals surface area contributed by atoms with Crippen molar-refractivity contribution in [3.8, 4) is 11.3 Å². The van der Waals surface area contributed by atoms with Gasteiger partial charge in [0.25, 0.3) is 0 Å². The summed E-state index contributed by atoms with van der Waals surface area (Å²) in [6.45, 7) is -0.388. The number of carbonyl (C=O) groups is 1. The van der Waals surface area contributed by atoms with Crippen LogP contribution in [0.1, 0.15) is 17.0 Å². The first-order valence-electron chi connectivity index (χ1n) is 8.70. The van der Waals surface area contributed by atoms with Crippen molar-refractivity contribution in [2.24, 2.45) is 0 Å². The lowest BCUT2D eigenvalue weighted by Gasteiger charge is -2.14. The van der Waals surface area contributed by atoms with Crippen molar-refractivity contribution >= 4 is 11.7 Å². The number of benzene rings is 1. The number of alkyl halides is 3. The molecule has 0 saturated carbocycles. The van der Waals surface area contributed by atoms with Gasteiger partial charge in [-0.2, -0.15) is 13.2 Å².